The number of methoxy groups -OCH3 is 1. The van der Waals surface area contributed by atoms with Gasteiger partial charge in [0.1, 0.15) is 5.75 Å². The summed E-state index contributed by atoms with van der Waals surface area (Å²) in [5.74, 6) is 0.0590. The third-order valence-electron chi connectivity index (χ3n) is 1.73. The van der Waals surface area contributed by atoms with Crippen LogP contribution in [0, 0.1) is 0 Å². The van der Waals surface area contributed by atoms with Gasteiger partial charge in [0, 0.05) is 7.11 Å². The fourth-order valence-corrected chi connectivity index (χ4v) is 1.15. The smallest absolute Gasteiger partial charge is 0.255 e. The van der Waals surface area contributed by atoms with Gasteiger partial charge >= 0.3 is 0 Å². The fraction of sp³-hybridized carbons (Fsp3) is 0.300. The summed E-state index contributed by atoms with van der Waals surface area (Å²) in [7, 11) is 1.52. The number of primary amides is 1. The van der Waals surface area contributed by atoms with Gasteiger partial charge in [-0.25, -0.2) is 0 Å². The lowest BCUT2D eigenvalue weighted by Crippen LogP contribution is -2.19. The van der Waals surface area contributed by atoms with E-state index in [0.29, 0.717) is 5.75 Å². The van der Waals surface area contributed by atoms with Gasteiger partial charge in [-0.2, -0.15) is 0 Å². The molecule has 0 heterocycles. The number of alkyl halides is 1. The summed E-state index contributed by atoms with van der Waals surface area (Å²) in [6, 6.07) is 6.92. The van der Waals surface area contributed by atoms with Crippen LogP contribution < -0.4 is 10.5 Å². The number of halogens is 1. The van der Waals surface area contributed by atoms with E-state index in [4.69, 9.17) is 26.8 Å². The molecule has 2 N–H and O–H groups in total. The monoisotopic (exact) mass is 229 g/mol. The second-order valence-corrected chi connectivity index (χ2v) is 3.27. The summed E-state index contributed by atoms with van der Waals surface area (Å²) in [5.41, 5.74) is 5.28. The molecule has 0 radical (unpaired) electrons. The van der Waals surface area contributed by atoms with E-state index in [1.165, 1.54) is 7.11 Å². The van der Waals surface area contributed by atoms with Crippen molar-refractivity contribution in [1.82, 2.24) is 0 Å². The number of rotatable bonds is 5. The summed E-state index contributed by atoms with van der Waals surface area (Å²) in [5, 5.41) is 0. The highest BCUT2D eigenvalue weighted by molar-refractivity contribution is 6.19. The molecule has 15 heavy (non-hydrogen) atoms. The van der Waals surface area contributed by atoms with Gasteiger partial charge in [0.25, 0.3) is 5.91 Å². The van der Waals surface area contributed by atoms with Crippen molar-refractivity contribution in [3.8, 4) is 5.75 Å². The normalized spacial score (nSPS) is 12.1. The Labute approximate surface area is 92.9 Å². The molecule has 1 amide bonds. The van der Waals surface area contributed by atoms with Gasteiger partial charge < -0.3 is 15.2 Å². The lowest BCUT2D eigenvalue weighted by atomic mass is 10.2. The van der Waals surface area contributed by atoms with Crippen LogP contribution in [0.1, 0.15) is 11.1 Å². The highest BCUT2D eigenvalue weighted by atomic mass is 35.5. The van der Waals surface area contributed by atoms with Crippen molar-refractivity contribution in [3.63, 3.8) is 0 Å². The van der Waals surface area contributed by atoms with E-state index in [2.05, 4.69) is 0 Å². The Morgan fingerprint density at radius 1 is 1.47 bits per heavy atom. The van der Waals surface area contributed by atoms with Crippen LogP contribution >= 0.6 is 11.6 Å². The zero-order chi connectivity index (χ0) is 11.3. The van der Waals surface area contributed by atoms with E-state index >= 15 is 0 Å². The summed E-state index contributed by atoms with van der Waals surface area (Å²) >= 11 is 5.83. The minimum Gasteiger partial charge on any atom is -0.484 e. The molecule has 1 rings (SSSR count). The average molecular weight is 230 g/mol. The summed E-state index contributed by atoms with van der Waals surface area (Å²) in [6.07, 6.45) is 0. The molecule has 0 spiro atoms. The van der Waals surface area contributed by atoms with E-state index < -0.39 is 11.5 Å². The second-order valence-electron chi connectivity index (χ2n) is 2.88. The van der Waals surface area contributed by atoms with Crippen molar-refractivity contribution in [2.24, 2.45) is 5.73 Å². The highest BCUT2D eigenvalue weighted by Gasteiger charge is 2.05. The fourth-order valence-electron chi connectivity index (χ4n) is 1.01. The number of carbonyl (C=O) groups is 1. The van der Waals surface area contributed by atoms with E-state index in [-0.39, 0.29) is 6.61 Å². The molecular formula is C10H12ClNO3. The molecule has 0 aliphatic heterocycles. The Balaban J connectivity index is 2.60. The Morgan fingerprint density at radius 3 is 2.53 bits per heavy atom. The number of carbonyl (C=O) groups excluding carboxylic acids is 1. The molecule has 0 saturated carbocycles. The SMILES string of the molecule is COC(Cl)c1ccc(OCC(N)=O)cc1. The molecule has 1 unspecified atom stereocenters. The van der Waals surface area contributed by atoms with Crippen LogP contribution in [0.25, 0.3) is 0 Å². The maximum atomic E-state index is 10.5. The Morgan fingerprint density at radius 2 is 2.07 bits per heavy atom. The molecule has 0 aromatic heterocycles. The van der Waals surface area contributed by atoms with Crippen molar-refractivity contribution in [3.05, 3.63) is 29.8 Å². The molecule has 0 saturated heterocycles. The number of amides is 1. The first-order chi connectivity index (χ1) is 7.13. The van der Waals surface area contributed by atoms with Gasteiger partial charge in [0.2, 0.25) is 0 Å². The number of nitrogens with two attached hydrogens (primary N) is 1. The van der Waals surface area contributed by atoms with Crippen LogP contribution in [-0.4, -0.2) is 19.6 Å². The quantitative estimate of drug-likeness (QED) is 0.777. The molecule has 1 atom stereocenters. The van der Waals surface area contributed by atoms with Crippen molar-refractivity contribution < 1.29 is 14.3 Å². The first kappa shape index (κ1) is 11.8. The van der Waals surface area contributed by atoms with Crippen LogP contribution in [0.2, 0.25) is 0 Å². The van der Waals surface area contributed by atoms with Crippen molar-refractivity contribution in [2.45, 2.75) is 5.56 Å². The van der Waals surface area contributed by atoms with E-state index in [0.717, 1.165) is 5.56 Å². The lowest BCUT2D eigenvalue weighted by molar-refractivity contribution is -0.119. The van der Waals surface area contributed by atoms with Gasteiger partial charge in [-0.05, 0) is 17.7 Å². The number of ether oxygens (including phenoxy) is 2. The Kier molecular flexibility index (Phi) is 4.39. The number of benzene rings is 1. The molecule has 5 heteroatoms. The molecule has 0 aliphatic carbocycles. The van der Waals surface area contributed by atoms with Gasteiger partial charge in [-0.1, -0.05) is 23.7 Å². The molecule has 0 aliphatic rings. The predicted octanol–water partition coefficient (Wildman–Crippen LogP) is 1.43. The largest absolute Gasteiger partial charge is 0.484 e. The molecule has 1 aromatic rings. The summed E-state index contributed by atoms with van der Waals surface area (Å²) < 4.78 is 10.0. The van der Waals surface area contributed by atoms with E-state index in [1.807, 2.05) is 0 Å². The molecule has 0 bridgehead atoms. The molecule has 1 aromatic carbocycles. The maximum absolute atomic E-state index is 10.5. The molecule has 82 valence electrons. The van der Waals surface area contributed by atoms with Gasteiger partial charge in [0.15, 0.2) is 12.2 Å². The average Bonchev–Trinajstić information content (AvgIpc) is 2.26. The van der Waals surface area contributed by atoms with Gasteiger partial charge in [-0.15, -0.1) is 0 Å². The van der Waals surface area contributed by atoms with Crippen LogP contribution in [0.4, 0.5) is 0 Å². The predicted molar refractivity (Wildman–Crippen MR) is 56.7 cm³/mol. The Bertz CT molecular complexity index is 326. The topological polar surface area (TPSA) is 61.6 Å². The molecule has 0 fully saturated rings. The van der Waals surface area contributed by atoms with Gasteiger partial charge in [-0.3, -0.25) is 4.79 Å². The van der Waals surface area contributed by atoms with Crippen molar-refractivity contribution in [2.75, 3.05) is 13.7 Å². The minimum absolute atomic E-state index is 0.131. The first-order valence-electron chi connectivity index (χ1n) is 4.31. The van der Waals surface area contributed by atoms with Crippen LogP contribution in [0.5, 0.6) is 5.75 Å². The van der Waals surface area contributed by atoms with E-state index in [9.17, 15) is 4.79 Å². The molecular weight excluding hydrogens is 218 g/mol. The zero-order valence-electron chi connectivity index (χ0n) is 8.27. The standard InChI is InChI=1S/C10H12ClNO3/c1-14-10(11)7-2-4-8(5-3-7)15-6-9(12)13/h2-5,10H,6H2,1H3,(H2,12,13). The number of hydrogen-bond donors (Lipinski definition) is 1. The van der Waals surface area contributed by atoms with Crippen molar-refractivity contribution in [1.29, 1.82) is 0 Å². The second kappa shape index (κ2) is 5.58. The van der Waals surface area contributed by atoms with Crippen molar-refractivity contribution >= 4 is 17.5 Å². The highest BCUT2D eigenvalue weighted by Crippen LogP contribution is 2.22. The lowest BCUT2D eigenvalue weighted by Gasteiger charge is -2.08. The van der Waals surface area contributed by atoms with Crippen LogP contribution in [0.3, 0.4) is 0 Å². The third-order valence-corrected chi connectivity index (χ3v) is 2.16. The number of hydrogen-bond acceptors (Lipinski definition) is 3. The van der Waals surface area contributed by atoms with E-state index in [1.54, 1.807) is 24.3 Å². The van der Waals surface area contributed by atoms with Crippen LogP contribution in [0.15, 0.2) is 24.3 Å². The zero-order valence-corrected chi connectivity index (χ0v) is 9.03. The first-order valence-corrected chi connectivity index (χ1v) is 4.75. The summed E-state index contributed by atoms with van der Waals surface area (Å²) in [6.45, 7) is -0.131. The molecule has 4 nitrogen and oxygen atoms in total. The Hall–Kier alpha value is -1.26. The van der Waals surface area contributed by atoms with Gasteiger partial charge in [0.05, 0.1) is 0 Å². The summed E-state index contributed by atoms with van der Waals surface area (Å²) in [4.78, 5) is 10.5. The minimum atomic E-state index is -0.508. The van der Waals surface area contributed by atoms with Crippen LogP contribution in [-0.2, 0) is 9.53 Å². The maximum Gasteiger partial charge on any atom is 0.255 e. The third kappa shape index (κ3) is 3.77.